The lowest BCUT2D eigenvalue weighted by atomic mass is 10.3. The van der Waals surface area contributed by atoms with Crippen LogP contribution in [0.1, 0.15) is 13.8 Å². The second kappa shape index (κ2) is 3.12. The molecule has 0 aromatic rings. The summed E-state index contributed by atoms with van der Waals surface area (Å²) in [4.78, 5) is 0. The third-order valence-electron chi connectivity index (χ3n) is 0.717. The van der Waals surface area contributed by atoms with E-state index in [9.17, 15) is 0 Å². The van der Waals surface area contributed by atoms with Crippen molar-refractivity contribution in [3.05, 3.63) is 0 Å². The molecule has 0 atom stereocenters. The molecular formula is C5H13NO3. The molecule has 4 N–H and O–H groups in total. The summed E-state index contributed by atoms with van der Waals surface area (Å²) in [7, 11) is 0. The number of hydrogen-bond donors (Lipinski definition) is 4. The molecule has 56 valence electrons. The predicted octanol–water partition coefficient (Wildman–Crippen LogP) is -1.38. The van der Waals surface area contributed by atoms with Crippen LogP contribution in [-0.4, -0.2) is 33.9 Å². The van der Waals surface area contributed by atoms with E-state index in [1.165, 1.54) is 13.8 Å². The van der Waals surface area contributed by atoms with E-state index in [-0.39, 0.29) is 6.54 Å². The zero-order chi connectivity index (χ0) is 7.49. The SMILES string of the molecule is CC(C)(O)NCC(O)O. The molecule has 0 aromatic carbocycles. The Balaban J connectivity index is 3.28. The Hall–Kier alpha value is -0.160. The van der Waals surface area contributed by atoms with E-state index in [4.69, 9.17) is 15.3 Å². The molecule has 0 bridgehead atoms. The van der Waals surface area contributed by atoms with Gasteiger partial charge in [0.25, 0.3) is 0 Å². The van der Waals surface area contributed by atoms with Crippen LogP contribution in [0.3, 0.4) is 0 Å². The van der Waals surface area contributed by atoms with Crippen LogP contribution in [0.25, 0.3) is 0 Å². The molecule has 0 amide bonds. The molecule has 9 heavy (non-hydrogen) atoms. The summed E-state index contributed by atoms with van der Waals surface area (Å²) < 4.78 is 0. The monoisotopic (exact) mass is 135 g/mol. The van der Waals surface area contributed by atoms with Crippen LogP contribution in [-0.2, 0) is 0 Å². The van der Waals surface area contributed by atoms with Crippen molar-refractivity contribution in [1.82, 2.24) is 5.32 Å². The Morgan fingerprint density at radius 3 is 2.00 bits per heavy atom. The molecule has 4 heteroatoms. The van der Waals surface area contributed by atoms with E-state index >= 15 is 0 Å². The van der Waals surface area contributed by atoms with E-state index in [0.29, 0.717) is 0 Å². The zero-order valence-corrected chi connectivity index (χ0v) is 5.63. The third kappa shape index (κ3) is 7.84. The fraction of sp³-hybridized carbons (Fsp3) is 1.00. The van der Waals surface area contributed by atoms with Gasteiger partial charge in [0.05, 0.1) is 0 Å². The smallest absolute Gasteiger partial charge is 0.164 e. The Morgan fingerprint density at radius 1 is 1.44 bits per heavy atom. The molecule has 0 aliphatic heterocycles. The van der Waals surface area contributed by atoms with Crippen LogP contribution in [0.4, 0.5) is 0 Å². The second-order valence-corrected chi connectivity index (χ2v) is 2.42. The first-order chi connectivity index (χ1) is 3.92. The van der Waals surface area contributed by atoms with Gasteiger partial charge in [0, 0.05) is 6.54 Å². The van der Waals surface area contributed by atoms with Crippen molar-refractivity contribution in [2.45, 2.75) is 25.9 Å². The van der Waals surface area contributed by atoms with Gasteiger partial charge in [-0.15, -0.1) is 0 Å². The molecule has 0 rings (SSSR count). The Kier molecular flexibility index (Phi) is 3.07. The summed E-state index contributed by atoms with van der Waals surface area (Å²) in [6.07, 6.45) is -1.41. The van der Waals surface area contributed by atoms with Gasteiger partial charge in [0.1, 0.15) is 5.72 Å². The van der Waals surface area contributed by atoms with Crippen LogP contribution in [0.5, 0.6) is 0 Å². The van der Waals surface area contributed by atoms with Crippen LogP contribution >= 0.6 is 0 Å². The van der Waals surface area contributed by atoms with Crippen LogP contribution in [0.15, 0.2) is 0 Å². The molecule has 0 saturated carbocycles. The molecule has 0 radical (unpaired) electrons. The third-order valence-corrected chi connectivity index (χ3v) is 0.717. The molecule has 0 spiro atoms. The number of rotatable bonds is 3. The normalized spacial score (nSPS) is 12.7. The van der Waals surface area contributed by atoms with Gasteiger partial charge < -0.3 is 15.3 Å². The zero-order valence-electron chi connectivity index (χ0n) is 5.63. The van der Waals surface area contributed by atoms with E-state index in [1.807, 2.05) is 0 Å². The van der Waals surface area contributed by atoms with Crippen molar-refractivity contribution >= 4 is 0 Å². The molecule has 0 aliphatic rings. The van der Waals surface area contributed by atoms with E-state index in [0.717, 1.165) is 0 Å². The summed E-state index contributed by atoms with van der Waals surface area (Å²) in [5, 5.41) is 28.0. The highest BCUT2D eigenvalue weighted by Gasteiger charge is 2.11. The lowest BCUT2D eigenvalue weighted by molar-refractivity contribution is -0.0589. The molecule has 0 aromatic heterocycles. The number of aliphatic hydroxyl groups excluding tert-OH is 1. The number of aliphatic hydroxyl groups is 3. The van der Waals surface area contributed by atoms with Crippen molar-refractivity contribution in [3.8, 4) is 0 Å². The maximum Gasteiger partial charge on any atom is 0.164 e. The Bertz CT molecular complexity index is 76.8. The molecule has 0 unspecified atom stereocenters. The largest absolute Gasteiger partial charge is 0.376 e. The second-order valence-electron chi connectivity index (χ2n) is 2.42. The minimum atomic E-state index is -1.41. The molecule has 0 heterocycles. The van der Waals surface area contributed by atoms with Gasteiger partial charge in [0.15, 0.2) is 6.29 Å². The maximum atomic E-state index is 8.93. The maximum absolute atomic E-state index is 8.93. The Labute approximate surface area is 54.1 Å². The van der Waals surface area contributed by atoms with Gasteiger partial charge in [0.2, 0.25) is 0 Å². The summed E-state index contributed by atoms with van der Waals surface area (Å²) in [5.74, 6) is 0. The summed E-state index contributed by atoms with van der Waals surface area (Å²) in [6, 6.07) is 0. The van der Waals surface area contributed by atoms with Gasteiger partial charge in [-0.1, -0.05) is 0 Å². The van der Waals surface area contributed by atoms with Crippen molar-refractivity contribution in [1.29, 1.82) is 0 Å². The van der Waals surface area contributed by atoms with E-state index in [2.05, 4.69) is 5.32 Å². The standard InChI is InChI=1S/C5H13NO3/c1-5(2,9)6-3-4(7)8/h4,6-9H,3H2,1-2H3. The quantitative estimate of drug-likeness (QED) is 0.360. The average Bonchev–Trinajstić information content (AvgIpc) is 1.59. The fourth-order valence-corrected chi connectivity index (χ4v) is 0.341. The summed E-state index contributed by atoms with van der Waals surface area (Å²) in [5.41, 5.74) is -1.04. The van der Waals surface area contributed by atoms with Crippen molar-refractivity contribution in [2.24, 2.45) is 0 Å². The first kappa shape index (κ1) is 8.84. The van der Waals surface area contributed by atoms with Gasteiger partial charge in [-0.3, -0.25) is 5.32 Å². The molecule has 0 aliphatic carbocycles. The number of nitrogens with one attached hydrogen (secondary N) is 1. The molecule has 4 nitrogen and oxygen atoms in total. The lowest BCUT2D eigenvalue weighted by Crippen LogP contribution is -2.43. The van der Waals surface area contributed by atoms with E-state index in [1.54, 1.807) is 0 Å². The highest BCUT2D eigenvalue weighted by Crippen LogP contribution is 1.92. The highest BCUT2D eigenvalue weighted by atomic mass is 16.5. The van der Waals surface area contributed by atoms with E-state index < -0.39 is 12.0 Å². The molecular weight excluding hydrogens is 122 g/mol. The van der Waals surface area contributed by atoms with Crippen LogP contribution < -0.4 is 5.32 Å². The van der Waals surface area contributed by atoms with Crippen molar-refractivity contribution in [2.75, 3.05) is 6.54 Å². The van der Waals surface area contributed by atoms with Gasteiger partial charge in [-0.05, 0) is 13.8 Å². The van der Waals surface area contributed by atoms with Gasteiger partial charge in [-0.25, -0.2) is 0 Å². The van der Waals surface area contributed by atoms with Crippen molar-refractivity contribution < 1.29 is 15.3 Å². The summed E-state index contributed by atoms with van der Waals surface area (Å²) in [6.45, 7) is 3.02. The average molecular weight is 135 g/mol. The topological polar surface area (TPSA) is 72.7 Å². The first-order valence-corrected chi connectivity index (χ1v) is 2.75. The first-order valence-electron chi connectivity index (χ1n) is 2.75. The molecule has 0 fully saturated rings. The highest BCUT2D eigenvalue weighted by molar-refractivity contribution is 4.61. The predicted molar refractivity (Wildman–Crippen MR) is 32.5 cm³/mol. The lowest BCUT2D eigenvalue weighted by Gasteiger charge is -2.19. The summed E-state index contributed by atoms with van der Waals surface area (Å²) >= 11 is 0. The van der Waals surface area contributed by atoms with Crippen LogP contribution in [0.2, 0.25) is 0 Å². The Morgan fingerprint density at radius 2 is 1.89 bits per heavy atom. The van der Waals surface area contributed by atoms with Gasteiger partial charge >= 0.3 is 0 Å². The van der Waals surface area contributed by atoms with Crippen LogP contribution in [0, 0.1) is 0 Å². The number of hydrogen-bond acceptors (Lipinski definition) is 4. The molecule has 0 saturated heterocycles. The minimum Gasteiger partial charge on any atom is -0.376 e. The minimum absolute atomic E-state index is 0.0243. The fourth-order valence-electron chi connectivity index (χ4n) is 0.341. The van der Waals surface area contributed by atoms with Crippen molar-refractivity contribution in [3.63, 3.8) is 0 Å². The van der Waals surface area contributed by atoms with Gasteiger partial charge in [-0.2, -0.15) is 0 Å².